The fourth-order valence-electron chi connectivity index (χ4n) is 2.06. The first-order valence-electron chi connectivity index (χ1n) is 5.36. The zero-order valence-electron chi connectivity index (χ0n) is 8.89. The highest BCUT2D eigenvalue weighted by atomic mass is 16.4. The van der Waals surface area contributed by atoms with Gasteiger partial charge in [-0.15, -0.1) is 0 Å². The largest absolute Gasteiger partial charge is 0.478 e. The summed E-state index contributed by atoms with van der Waals surface area (Å²) in [5.41, 5.74) is 2.36. The molecule has 2 rings (SSSR count). The van der Waals surface area contributed by atoms with Crippen LogP contribution in [0, 0.1) is 0 Å². The Labute approximate surface area is 94.0 Å². The van der Waals surface area contributed by atoms with Crippen LogP contribution in [0.15, 0.2) is 30.4 Å². The molecule has 0 heterocycles. The summed E-state index contributed by atoms with van der Waals surface area (Å²) in [4.78, 5) is 10.9. The van der Waals surface area contributed by atoms with Gasteiger partial charge in [0.15, 0.2) is 0 Å². The SMILES string of the molecule is O=C(O)c1ccc2c(c1)[C@@H](CO)C=CCC2. The number of hydrogen-bond acceptors (Lipinski definition) is 2. The summed E-state index contributed by atoms with van der Waals surface area (Å²) in [5, 5.41) is 18.2. The molecule has 1 aliphatic carbocycles. The lowest BCUT2D eigenvalue weighted by Crippen LogP contribution is -2.06. The van der Waals surface area contributed by atoms with Crippen molar-refractivity contribution in [2.24, 2.45) is 0 Å². The smallest absolute Gasteiger partial charge is 0.335 e. The van der Waals surface area contributed by atoms with Gasteiger partial charge in [-0.3, -0.25) is 0 Å². The zero-order valence-corrected chi connectivity index (χ0v) is 8.89. The highest BCUT2D eigenvalue weighted by Gasteiger charge is 2.16. The molecule has 0 spiro atoms. The van der Waals surface area contributed by atoms with Crippen molar-refractivity contribution in [3.8, 4) is 0 Å². The van der Waals surface area contributed by atoms with Crippen LogP contribution in [-0.2, 0) is 6.42 Å². The molecule has 3 nitrogen and oxygen atoms in total. The van der Waals surface area contributed by atoms with E-state index in [-0.39, 0.29) is 18.1 Å². The number of carboxylic acids is 1. The summed E-state index contributed by atoms with van der Waals surface area (Å²) in [6.07, 6.45) is 5.84. The van der Waals surface area contributed by atoms with Gasteiger partial charge in [-0.25, -0.2) is 4.79 Å². The van der Waals surface area contributed by atoms with Crippen molar-refractivity contribution < 1.29 is 15.0 Å². The molecule has 0 fully saturated rings. The molecule has 1 atom stereocenters. The Balaban J connectivity index is 2.48. The molecule has 0 saturated heterocycles. The average Bonchev–Trinajstić information content (AvgIpc) is 2.49. The van der Waals surface area contributed by atoms with Crippen LogP contribution >= 0.6 is 0 Å². The second-order valence-corrected chi connectivity index (χ2v) is 3.97. The summed E-state index contributed by atoms with van der Waals surface area (Å²) in [6, 6.07) is 5.16. The van der Waals surface area contributed by atoms with Gasteiger partial charge in [0.2, 0.25) is 0 Å². The van der Waals surface area contributed by atoms with Crippen molar-refractivity contribution >= 4 is 5.97 Å². The lowest BCUT2D eigenvalue weighted by atomic mass is 9.93. The Bertz CT molecular complexity index is 435. The Hall–Kier alpha value is -1.61. The molecular weight excluding hydrogens is 204 g/mol. The maximum absolute atomic E-state index is 10.9. The maximum Gasteiger partial charge on any atom is 0.335 e. The van der Waals surface area contributed by atoms with E-state index in [9.17, 15) is 9.90 Å². The van der Waals surface area contributed by atoms with E-state index < -0.39 is 5.97 Å². The molecular formula is C13H14O3. The summed E-state index contributed by atoms with van der Waals surface area (Å²) in [5.74, 6) is -0.996. The molecule has 84 valence electrons. The van der Waals surface area contributed by atoms with E-state index in [0.29, 0.717) is 0 Å². The number of carbonyl (C=O) groups is 1. The van der Waals surface area contributed by atoms with E-state index in [1.807, 2.05) is 18.2 Å². The van der Waals surface area contributed by atoms with Gasteiger partial charge >= 0.3 is 5.97 Å². The lowest BCUT2D eigenvalue weighted by Gasteiger charge is -2.13. The fourth-order valence-corrected chi connectivity index (χ4v) is 2.06. The molecule has 0 saturated carbocycles. The minimum absolute atomic E-state index is 0.0204. The summed E-state index contributed by atoms with van der Waals surface area (Å²) in [6.45, 7) is 0.0204. The van der Waals surface area contributed by atoms with Crippen LogP contribution in [0.25, 0.3) is 0 Å². The van der Waals surface area contributed by atoms with Gasteiger partial charge in [-0.05, 0) is 36.1 Å². The van der Waals surface area contributed by atoms with Gasteiger partial charge in [0, 0.05) is 5.92 Å². The Morgan fingerprint density at radius 2 is 2.25 bits per heavy atom. The van der Waals surface area contributed by atoms with Gasteiger partial charge in [0.25, 0.3) is 0 Å². The van der Waals surface area contributed by atoms with Crippen LogP contribution in [-0.4, -0.2) is 22.8 Å². The first-order valence-corrected chi connectivity index (χ1v) is 5.36. The van der Waals surface area contributed by atoms with Crippen molar-refractivity contribution in [3.05, 3.63) is 47.0 Å². The number of aliphatic hydroxyl groups is 1. The molecule has 0 unspecified atom stereocenters. The summed E-state index contributed by atoms with van der Waals surface area (Å²) >= 11 is 0. The van der Waals surface area contributed by atoms with Gasteiger partial charge in [0.1, 0.15) is 0 Å². The normalized spacial score (nSPS) is 18.9. The molecule has 0 bridgehead atoms. The number of aromatic carboxylic acids is 1. The molecule has 0 radical (unpaired) electrons. The number of aryl methyl sites for hydroxylation is 1. The minimum atomic E-state index is -0.923. The van der Waals surface area contributed by atoms with Crippen LogP contribution in [0.1, 0.15) is 33.8 Å². The molecule has 1 aromatic rings. The van der Waals surface area contributed by atoms with Crippen LogP contribution in [0.4, 0.5) is 0 Å². The monoisotopic (exact) mass is 218 g/mol. The Morgan fingerprint density at radius 3 is 2.94 bits per heavy atom. The van der Waals surface area contributed by atoms with E-state index >= 15 is 0 Å². The maximum atomic E-state index is 10.9. The molecule has 0 aromatic heterocycles. The molecule has 0 aliphatic heterocycles. The van der Waals surface area contributed by atoms with Crippen molar-refractivity contribution in [2.75, 3.05) is 6.61 Å². The predicted octanol–water partition coefficient (Wildman–Crippen LogP) is 1.96. The van der Waals surface area contributed by atoms with E-state index in [4.69, 9.17) is 5.11 Å². The van der Waals surface area contributed by atoms with Gasteiger partial charge in [-0.2, -0.15) is 0 Å². The van der Waals surface area contributed by atoms with E-state index in [1.54, 1.807) is 12.1 Å². The van der Waals surface area contributed by atoms with E-state index in [0.717, 1.165) is 24.0 Å². The number of carboxylic acid groups (broad SMARTS) is 1. The molecule has 3 heteroatoms. The highest BCUT2D eigenvalue weighted by molar-refractivity contribution is 5.88. The van der Waals surface area contributed by atoms with Crippen molar-refractivity contribution in [2.45, 2.75) is 18.8 Å². The number of benzene rings is 1. The van der Waals surface area contributed by atoms with Crippen molar-refractivity contribution in [1.82, 2.24) is 0 Å². The predicted molar refractivity (Wildman–Crippen MR) is 60.7 cm³/mol. The number of allylic oxidation sites excluding steroid dienone is 1. The number of hydrogen-bond donors (Lipinski definition) is 2. The first-order chi connectivity index (χ1) is 7.72. The molecule has 16 heavy (non-hydrogen) atoms. The minimum Gasteiger partial charge on any atom is -0.478 e. The average molecular weight is 218 g/mol. The zero-order chi connectivity index (χ0) is 11.5. The molecule has 0 amide bonds. The second kappa shape index (κ2) is 4.49. The van der Waals surface area contributed by atoms with Gasteiger partial charge in [-0.1, -0.05) is 18.2 Å². The molecule has 1 aliphatic rings. The fraction of sp³-hybridized carbons (Fsp3) is 0.308. The third-order valence-corrected chi connectivity index (χ3v) is 2.94. The Kier molecular flexibility index (Phi) is 3.06. The quantitative estimate of drug-likeness (QED) is 0.746. The first kappa shape index (κ1) is 10.9. The summed E-state index contributed by atoms with van der Waals surface area (Å²) in [7, 11) is 0. The lowest BCUT2D eigenvalue weighted by molar-refractivity contribution is 0.0696. The number of rotatable bonds is 2. The van der Waals surface area contributed by atoms with Crippen LogP contribution in [0.5, 0.6) is 0 Å². The van der Waals surface area contributed by atoms with Gasteiger partial charge < -0.3 is 10.2 Å². The third kappa shape index (κ3) is 1.99. The van der Waals surface area contributed by atoms with Crippen molar-refractivity contribution in [1.29, 1.82) is 0 Å². The van der Waals surface area contributed by atoms with E-state index in [2.05, 4.69) is 0 Å². The number of aliphatic hydroxyl groups excluding tert-OH is 1. The highest BCUT2D eigenvalue weighted by Crippen LogP contribution is 2.27. The topological polar surface area (TPSA) is 57.5 Å². The second-order valence-electron chi connectivity index (χ2n) is 3.97. The van der Waals surface area contributed by atoms with Gasteiger partial charge in [0.05, 0.1) is 12.2 Å². The van der Waals surface area contributed by atoms with Crippen molar-refractivity contribution in [3.63, 3.8) is 0 Å². The molecule has 1 aromatic carbocycles. The third-order valence-electron chi connectivity index (χ3n) is 2.94. The van der Waals surface area contributed by atoms with E-state index in [1.165, 1.54) is 0 Å². The van der Waals surface area contributed by atoms with Crippen LogP contribution in [0.3, 0.4) is 0 Å². The molecule has 2 N–H and O–H groups in total. The van der Waals surface area contributed by atoms with Crippen LogP contribution < -0.4 is 0 Å². The Morgan fingerprint density at radius 1 is 1.44 bits per heavy atom. The standard InChI is InChI=1S/C13H14O3/c14-8-11-4-2-1-3-9-5-6-10(13(15)16)7-12(9)11/h2,4-7,11,14H,1,3,8H2,(H,15,16)/t11-/m1/s1. The number of fused-ring (bicyclic) bond motifs is 1. The summed E-state index contributed by atoms with van der Waals surface area (Å²) < 4.78 is 0. The van der Waals surface area contributed by atoms with Crippen LogP contribution in [0.2, 0.25) is 0 Å².